The molecule has 2 aliphatic rings. The third kappa shape index (κ3) is 9.23. The SMILES string of the molecule is Fc1ccc(CO[C@@H]2CNCC[C@@]2(OCc2ccc(F)cc2F)c2ccc(Cl)cc2)c(F)c1.O[C@@H]1CN(CP)CC[C@@]1(O)c1ccc(Cl)cc1. The van der Waals surface area contributed by atoms with Crippen molar-refractivity contribution < 1.29 is 37.2 Å². The summed E-state index contributed by atoms with van der Waals surface area (Å²) in [5.74, 6) is -2.75. The van der Waals surface area contributed by atoms with Crippen molar-refractivity contribution >= 4 is 32.4 Å². The van der Waals surface area contributed by atoms with Gasteiger partial charge in [0.1, 0.15) is 40.6 Å². The van der Waals surface area contributed by atoms with Crippen LogP contribution in [0.15, 0.2) is 84.9 Å². The summed E-state index contributed by atoms with van der Waals surface area (Å²) in [7, 11) is 2.63. The van der Waals surface area contributed by atoms with Gasteiger partial charge in [-0.1, -0.05) is 59.6 Å². The number of hydrogen-bond donors (Lipinski definition) is 3. The molecule has 6 rings (SSSR count). The molecule has 2 saturated heterocycles. The standard InChI is InChI=1S/C25H22ClF4NO2.C12H17ClNO2P/c26-19-5-3-18(4-6-19)25(33-15-17-2-8-21(28)12-23(17)30)9-10-31-13-24(25)32-14-16-1-7-20(27)11-22(16)29;13-10-3-1-9(2-4-10)12(16)5-6-14(8-17)7-11(12)15/h1-8,11-12,24,31H,9-10,13-15H2;1-4,11,15-16H,5-8,17H2/t24-,25-;11-,12-/m11/s1. The van der Waals surface area contributed by atoms with Crippen LogP contribution >= 0.6 is 32.4 Å². The number of benzene rings is 4. The molecule has 268 valence electrons. The highest BCUT2D eigenvalue weighted by atomic mass is 35.5. The van der Waals surface area contributed by atoms with E-state index in [0.717, 1.165) is 36.1 Å². The third-order valence-electron chi connectivity index (χ3n) is 9.21. The minimum Gasteiger partial charge on any atom is -0.388 e. The molecule has 4 aromatic rings. The van der Waals surface area contributed by atoms with Crippen LogP contribution in [-0.4, -0.2) is 59.8 Å². The Morgan fingerprint density at radius 2 is 1.36 bits per heavy atom. The molecule has 13 heteroatoms. The van der Waals surface area contributed by atoms with Gasteiger partial charge < -0.3 is 25.0 Å². The number of rotatable bonds is 9. The molecule has 0 aromatic heterocycles. The average Bonchev–Trinajstić information content (AvgIpc) is 3.10. The number of hydrogen-bond acceptors (Lipinski definition) is 6. The highest BCUT2D eigenvalue weighted by molar-refractivity contribution is 7.16. The molecule has 0 amide bonds. The molecule has 0 saturated carbocycles. The molecule has 0 radical (unpaired) electrons. The van der Waals surface area contributed by atoms with Crippen molar-refractivity contribution in [2.75, 3.05) is 32.5 Å². The van der Waals surface area contributed by atoms with Gasteiger partial charge in [-0.25, -0.2) is 17.6 Å². The molecule has 50 heavy (non-hydrogen) atoms. The topological polar surface area (TPSA) is 74.2 Å². The summed E-state index contributed by atoms with van der Waals surface area (Å²) in [6, 6.07) is 20.7. The molecular formula is C37H39Cl2F4N2O4P. The summed E-state index contributed by atoms with van der Waals surface area (Å²) in [4.78, 5) is 2.10. The first-order valence-corrected chi connectivity index (χ1v) is 17.7. The number of nitrogens with zero attached hydrogens (tertiary/aromatic N) is 1. The van der Waals surface area contributed by atoms with Crippen LogP contribution in [-0.2, 0) is 33.9 Å². The van der Waals surface area contributed by atoms with Gasteiger partial charge in [0, 0.05) is 59.2 Å². The number of aliphatic hydroxyl groups is 2. The third-order valence-corrected chi connectivity index (χ3v) is 10.2. The zero-order chi connectivity index (χ0) is 35.9. The van der Waals surface area contributed by atoms with E-state index in [1.165, 1.54) is 24.3 Å². The summed E-state index contributed by atoms with van der Waals surface area (Å²) in [5, 5.41) is 25.1. The van der Waals surface area contributed by atoms with Gasteiger partial charge in [0.15, 0.2) is 0 Å². The fraction of sp³-hybridized carbons (Fsp3) is 0.351. The summed E-state index contributed by atoms with van der Waals surface area (Å²) in [5.41, 5.74) is -0.255. The molecule has 6 nitrogen and oxygen atoms in total. The minimum absolute atomic E-state index is 0.109. The Balaban J connectivity index is 0.000000240. The fourth-order valence-electron chi connectivity index (χ4n) is 6.23. The van der Waals surface area contributed by atoms with Crippen molar-refractivity contribution in [2.45, 2.75) is 49.5 Å². The second kappa shape index (κ2) is 17.3. The van der Waals surface area contributed by atoms with Crippen molar-refractivity contribution in [3.05, 3.63) is 140 Å². The molecule has 0 aliphatic carbocycles. The van der Waals surface area contributed by atoms with E-state index in [9.17, 15) is 27.8 Å². The van der Waals surface area contributed by atoms with Gasteiger partial charge in [-0.3, -0.25) is 4.90 Å². The lowest BCUT2D eigenvalue weighted by Gasteiger charge is -2.44. The Morgan fingerprint density at radius 3 is 1.90 bits per heavy atom. The summed E-state index contributed by atoms with van der Waals surface area (Å²) >= 11 is 11.9. The quantitative estimate of drug-likeness (QED) is 0.123. The van der Waals surface area contributed by atoms with Gasteiger partial charge in [-0.05, 0) is 66.9 Å². The van der Waals surface area contributed by atoms with Crippen LogP contribution < -0.4 is 5.32 Å². The van der Waals surface area contributed by atoms with E-state index in [1.807, 2.05) is 12.1 Å². The molecule has 4 aromatic carbocycles. The van der Waals surface area contributed by atoms with Gasteiger partial charge in [0.2, 0.25) is 0 Å². The van der Waals surface area contributed by atoms with Crippen molar-refractivity contribution in [3.8, 4) is 0 Å². The predicted octanol–water partition coefficient (Wildman–Crippen LogP) is 7.31. The predicted molar refractivity (Wildman–Crippen MR) is 189 cm³/mol. The van der Waals surface area contributed by atoms with E-state index in [2.05, 4.69) is 19.5 Å². The van der Waals surface area contributed by atoms with Crippen LogP contribution in [0.4, 0.5) is 17.6 Å². The molecule has 2 aliphatic heterocycles. The number of β-amino-alcohol motifs (C(OH)–C–C–N with tert-alkyl or cyclic N) is 1. The smallest absolute Gasteiger partial charge is 0.131 e. The van der Waals surface area contributed by atoms with Gasteiger partial charge in [0.05, 0.1) is 19.3 Å². The van der Waals surface area contributed by atoms with Crippen LogP contribution in [0.25, 0.3) is 0 Å². The largest absolute Gasteiger partial charge is 0.388 e. The van der Waals surface area contributed by atoms with E-state index in [4.69, 9.17) is 32.7 Å². The maximum absolute atomic E-state index is 14.3. The van der Waals surface area contributed by atoms with Crippen LogP contribution in [0.5, 0.6) is 0 Å². The summed E-state index contributed by atoms with van der Waals surface area (Å²) < 4.78 is 67.4. The van der Waals surface area contributed by atoms with Gasteiger partial charge >= 0.3 is 0 Å². The second-order valence-electron chi connectivity index (χ2n) is 12.4. The Morgan fingerprint density at radius 1 is 0.800 bits per heavy atom. The van der Waals surface area contributed by atoms with Crippen LogP contribution in [0.3, 0.4) is 0 Å². The van der Waals surface area contributed by atoms with E-state index < -0.39 is 46.7 Å². The van der Waals surface area contributed by atoms with Crippen molar-refractivity contribution in [2.24, 2.45) is 0 Å². The zero-order valence-electron chi connectivity index (χ0n) is 27.1. The first-order valence-electron chi connectivity index (χ1n) is 16.1. The van der Waals surface area contributed by atoms with E-state index >= 15 is 0 Å². The van der Waals surface area contributed by atoms with E-state index in [-0.39, 0.29) is 24.3 Å². The van der Waals surface area contributed by atoms with Crippen LogP contribution in [0.1, 0.15) is 35.1 Å². The Labute approximate surface area is 301 Å². The highest BCUT2D eigenvalue weighted by Crippen LogP contribution is 2.39. The first kappa shape index (κ1) is 38.6. The zero-order valence-corrected chi connectivity index (χ0v) is 29.8. The highest BCUT2D eigenvalue weighted by Gasteiger charge is 2.45. The second-order valence-corrected chi connectivity index (χ2v) is 13.6. The average molecular weight is 754 g/mol. The molecule has 1 unspecified atom stereocenters. The van der Waals surface area contributed by atoms with Crippen molar-refractivity contribution in [1.82, 2.24) is 10.2 Å². The van der Waals surface area contributed by atoms with Gasteiger partial charge in [-0.2, -0.15) is 0 Å². The fourth-order valence-corrected chi connectivity index (χ4v) is 6.82. The van der Waals surface area contributed by atoms with Gasteiger partial charge in [0.25, 0.3) is 0 Å². The monoisotopic (exact) mass is 752 g/mol. The maximum Gasteiger partial charge on any atom is 0.131 e. The molecule has 0 bridgehead atoms. The van der Waals surface area contributed by atoms with Crippen molar-refractivity contribution in [3.63, 3.8) is 0 Å². The lowest BCUT2D eigenvalue weighted by atomic mass is 9.82. The number of piperidine rings is 2. The van der Waals surface area contributed by atoms with E-state index in [1.54, 1.807) is 36.4 Å². The van der Waals surface area contributed by atoms with Crippen molar-refractivity contribution in [1.29, 1.82) is 0 Å². The molecule has 3 N–H and O–H groups in total. The molecular weight excluding hydrogens is 714 g/mol. The number of nitrogens with one attached hydrogen (secondary N) is 1. The first-order chi connectivity index (χ1) is 23.9. The normalized spacial score (nSPS) is 24.0. The Hall–Kier alpha value is -2.63. The number of aliphatic hydroxyl groups excluding tert-OH is 1. The van der Waals surface area contributed by atoms with Crippen LogP contribution in [0.2, 0.25) is 10.0 Å². The molecule has 0 spiro atoms. The maximum atomic E-state index is 14.3. The number of halogens is 6. The van der Waals surface area contributed by atoms with Gasteiger partial charge in [-0.15, -0.1) is 9.24 Å². The van der Waals surface area contributed by atoms with Crippen LogP contribution in [0, 0.1) is 23.3 Å². The molecule has 2 heterocycles. The minimum atomic E-state index is -1.15. The Bertz CT molecular complexity index is 1730. The molecule has 2 fully saturated rings. The number of likely N-dealkylation sites (tertiary alicyclic amines) is 1. The van der Waals surface area contributed by atoms with E-state index in [0.29, 0.717) is 42.5 Å². The molecule has 5 atom stereocenters. The lowest BCUT2D eigenvalue weighted by molar-refractivity contribution is -0.177. The Kier molecular flexibility index (Phi) is 13.3. The number of ether oxygens (including phenoxy) is 2. The summed E-state index contributed by atoms with van der Waals surface area (Å²) in [6.45, 7) is 2.01. The summed E-state index contributed by atoms with van der Waals surface area (Å²) in [6.07, 6.45) is 0.477. The lowest BCUT2D eigenvalue weighted by Crippen LogP contribution is -2.54.